The molecule has 0 unspecified atom stereocenters. The summed E-state index contributed by atoms with van der Waals surface area (Å²) in [6, 6.07) is 16.1. The maximum absolute atomic E-state index is 9.26. The van der Waals surface area contributed by atoms with Crippen LogP contribution in [-0.4, -0.2) is 16.5 Å². The maximum Gasteiger partial charge on any atom is 0.129 e. The second-order valence-electron chi connectivity index (χ2n) is 5.66. The summed E-state index contributed by atoms with van der Waals surface area (Å²) in [5.74, 6) is 0.772. The Morgan fingerprint density at radius 3 is 2.50 bits per heavy atom. The van der Waals surface area contributed by atoms with Gasteiger partial charge in [-0.05, 0) is 37.1 Å². The van der Waals surface area contributed by atoms with Crippen LogP contribution in [0, 0.1) is 0 Å². The minimum Gasteiger partial charge on any atom is -0.487 e. The van der Waals surface area contributed by atoms with Gasteiger partial charge < -0.3 is 9.94 Å². The van der Waals surface area contributed by atoms with E-state index in [1.165, 1.54) is 0 Å². The molecule has 3 heteroatoms. The lowest BCUT2D eigenvalue weighted by atomic mass is 9.90. The molecule has 1 aliphatic rings. The Balaban J connectivity index is 2.10. The smallest absolute Gasteiger partial charge is 0.129 e. The average molecular weight is 267 g/mol. The Labute approximate surface area is 118 Å². The van der Waals surface area contributed by atoms with Crippen molar-refractivity contribution in [2.45, 2.75) is 25.9 Å². The second kappa shape index (κ2) is 4.67. The van der Waals surface area contributed by atoms with Crippen molar-refractivity contribution in [3.63, 3.8) is 0 Å². The molecule has 0 radical (unpaired) electrons. The molecule has 20 heavy (non-hydrogen) atoms. The van der Waals surface area contributed by atoms with Crippen LogP contribution in [0.5, 0.6) is 5.75 Å². The van der Waals surface area contributed by atoms with E-state index >= 15 is 0 Å². The molecule has 0 saturated heterocycles. The van der Waals surface area contributed by atoms with Crippen molar-refractivity contribution in [3.05, 3.63) is 54.1 Å². The molecule has 0 fully saturated rings. The normalized spacial score (nSPS) is 18.4. The van der Waals surface area contributed by atoms with Crippen LogP contribution in [0.3, 0.4) is 0 Å². The molecule has 0 aromatic heterocycles. The van der Waals surface area contributed by atoms with Crippen molar-refractivity contribution in [1.82, 2.24) is 0 Å². The standard InChI is InChI=1S/C17H17NO2/c1-17(2)11-15(18-19)14-10-13(8-9-16(14)20-17)12-6-4-3-5-7-12/h3-10,19H,11H2,1-2H3. The Morgan fingerprint density at radius 1 is 1.05 bits per heavy atom. The molecule has 0 saturated carbocycles. The number of rotatable bonds is 1. The highest BCUT2D eigenvalue weighted by molar-refractivity contribution is 6.04. The van der Waals surface area contributed by atoms with Gasteiger partial charge >= 0.3 is 0 Å². The fraction of sp³-hybridized carbons (Fsp3) is 0.235. The number of oxime groups is 1. The quantitative estimate of drug-likeness (QED) is 0.624. The molecule has 0 amide bonds. The molecule has 0 aliphatic carbocycles. The van der Waals surface area contributed by atoms with Gasteiger partial charge in [-0.1, -0.05) is 41.6 Å². The molecule has 0 bridgehead atoms. The number of fused-ring (bicyclic) bond motifs is 1. The van der Waals surface area contributed by atoms with Crippen LogP contribution in [0.25, 0.3) is 11.1 Å². The lowest BCUT2D eigenvalue weighted by Crippen LogP contribution is -2.36. The third-order valence-corrected chi connectivity index (χ3v) is 3.50. The third kappa shape index (κ3) is 2.27. The molecule has 0 spiro atoms. The number of benzene rings is 2. The van der Waals surface area contributed by atoms with Crippen LogP contribution in [0.1, 0.15) is 25.8 Å². The minimum absolute atomic E-state index is 0.344. The highest BCUT2D eigenvalue weighted by Gasteiger charge is 2.31. The van der Waals surface area contributed by atoms with Gasteiger partial charge in [0.1, 0.15) is 11.4 Å². The first-order valence-electron chi connectivity index (χ1n) is 6.69. The van der Waals surface area contributed by atoms with E-state index in [4.69, 9.17) is 4.74 Å². The fourth-order valence-electron chi connectivity index (χ4n) is 2.58. The number of ether oxygens (including phenoxy) is 1. The van der Waals surface area contributed by atoms with E-state index in [-0.39, 0.29) is 5.60 Å². The van der Waals surface area contributed by atoms with Gasteiger partial charge in [-0.15, -0.1) is 0 Å². The van der Waals surface area contributed by atoms with Gasteiger partial charge in [0.25, 0.3) is 0 Å². The van der Waals surface area contributed by atoms with Crippen molar-refractivity contribution in [2.24, 2.45) is 5.16 Å². The van der Waals surface area contributed by atoms with E-state index in [1.54, 1.807) is 0 Å². The number of nitrogens with zero attached hydrogens (tertiary/aromatic N) is 1. The van der Waals surface area contributed by atoms with Crippen molar-refractivity contribution in [1.29, 1.82) is 0 Å². The van der Waals surface area contributed by atoms with Crippen LogP contribution >= 0.6 is 0 Å². The molecule has 2 aromatic carbocycles. The molecule has 1 aliphatic heterocycles. The first-order valence-corrected chi connectivity index (χ1v) is 6.69. The van der Waals surface area contributed by atoms with E-state index in [0.29, 0.717) is 12.1 Å². The zero-order chi connectivity index (χ0) is 14.2. The summed E-state index contributed by atoms with van der Waals surface area (Å²) in [5, 5.41) is 12.7. The lowest BCUT2D eigenvalue weighted by Gasteiger charge is -2.33. The first kappa shape index (κ1) is 12.7. The number of hydrogen-bond acceptors (Lipinski definition) is 3. The lowest BCUT2D eigenvalue weighted by molar-refractivity contribution is 0.110. The summed E-state index contributed by atoms with van der Waals surface area (Å²) in [6.07, 6.45) is 0.592. The predicted octanol–water partition coefficient (Wildman–Crippen LogP) is 4.09. The van der Waals surface area contributed by atoms with Crippen molar-refractivity contribution in [3.8, 4) is 16.9 Å². The number of hydrogen-bond donors (Lipinski definition) is 1. The first-order chi connectivity index (χ1) is 9.59. The molecule has 0 atom stereocenters. The summed E-state index contributed by atoms with van der Waals surface area (Å²) in [5.41, 5.74) is 3.43. The van der Waals surface area contributed by atoms with Gasteiger partial charge in [-0.25, -0.2) is 0 Å². The topological polar surface area (TPSA) is 41.8 Å². The third-order valence-electron chi connectivity index (χ3n) is 3.50. The van der Waals surface area contributed by atoms with Crippen LogP contribution in [0.2, 0.25) is 0 Å². The Morgan fingerprint density at radius 2 is 1.80 bits per heavy atom. The van der Waals surface area contributed by atoms with Crippen LogP contribution in [0.4, 0.5) is 0 Å². The zero-order valence-electron chi connectivity index (χ0n) is 11.6. The van der Waals surface area contributed by atoms with Crippen molar-refractivity contribution in [2.75, 3.05) is 0 Å². The minimum atomic E-state index is -0.344. The Hall–Kier alpha value is -2.29. The summed E-state index contributed by atoms with van der Waals surface area (Å²) in [4.78, 5) is 0. The summed E-state index contributed by atoms with van der Waals surface area (Å²) < 4.78 is 5.95. The Kier molecular flexibility index (Phi) is 2.97. The molecule has 3 rings (SSSR count). The van der Waals surface area contributed by atoms with Crippen LogP contribution in [-0.2, 0) is 0 Å². The van der Waals surface area contributed by atoms with Crippen molar-refractivity contribution >= 4 is 5.71 Å². The van der Waals surface area contributed by atoms with Crippen LogP contribution in [0.15, 0.2) is 53.7 Å². The van der Waals surface area contributed by atoms with Gasteiger partial charge in [-0.3, -0.25) is 0 Å². The fourth-order valence-corrected chi connectivity index (χ4v) is 2.58. The van der Waals surface area contributed by atoms with Gasteiger partial charge in [0.2, 0.25) is 0 Å². The highest BCUT2D eigenvalue weighted by atomic mass is 16.5. The van der Waals surface area contributed by atoms with E-state index in [1.807, 2.05) is 50.2 Å². The second-order valence-corrected chi connectivity index (χ2v) is 5.66. The maximum atomic E-state index is 9.26. The van der Waals surface area contributed by atoms with Gasteiger partial charge in [0.05, 0.1) is 5.71 Å². The summed E-state index contributed by atoms with van der Waals surface area (Å²) in [7, 11) is 0. The SMILES string of the molecule is CC1(C)CC(=NO)c2cc(-c3ccccc3)ccc2O1. The molecule has 1 N–H and O–H groups in total. The van der Waals surface area contributed by atoms with E-state index in [9.17, 15) is 5.21 Å². The zero-order valence-corrected chi connectivity index (χ0v) is 11.6. The van der Waals surface area contributed by atoms with Gasteiger partial charge in [0, 0.05) is 12.0 Å². The van der Waals surface area contributed by atoms with E-state index < -0.39 is 0 Å². The van der Waals surface area contributed by atoms with E-state index in [2.05, 4.69) is 17.3 Å². The van der Waals surface area contributed by atoms with Crippen LogP contribution < -0.4 is 4.74 Å². The molecular formula is C17H17NO2. The van der Waals surface area contributed by atoms with E-state index in [0.717, 1.165) is 22.4 Å². The highest BCUT2D eigenvalue weighted by Crippen LogP contribution is 2.35. The molecule has 102 valence electrons. The summed E-state index contributed by atoms with van der Waals surface area (Å²) in [6.45, 7) is 3.98. The van der Waals surface area contributed by atoms with Crippen molar-refractivity contribution < 1.29 is 9.94 Å². The molecule has 3 nitrogen and oxygen atoms in total. The van der Waals surface area contributed by atoms with Gasteiger partial charge in [0.15, 0.2) is 0 Å². The molecule has 2 aromatic rings. The monoisotopic (exact) mass is 267 g/mol. The predicted molar refractivity (Wildman–Crippen MR) is 79.5 cm³/mol. The van der Waals surface area contributed by atoms with Gasteiger partial charge in [-0.2, -0.15) is 0 Å². The molecule has 1 heterocycles. The largest absolute Gasteiger partial charge is 0.487 e. The summed E-state index contributed by atoms with van der Waals surface area (Å²) >= 11 is 0. The Bertz CT molecular complexity index is 660. The molecular weight excluding hydrogens is 250 g/mol. The average Bonchev–Trinajstić information content (AvgIpc) is 2.46.